The normalized spacial score (nSPS) is 3.43. The van der Waals surface area contributed by atoms with Gasteiger partial charge in [-0.25, -0.2) is 0 Å². The zero-order valence-corrected chi connectivity index (χ0v) is 16.0. The molecule has 0 heterocycles. The van der Waals surface area contributed by atoms with Crippen molar-refractivity contribution in [2.45, 2.75) is 0 Å². The predicted octanol–water partition coefficient (Wildman–Crippen LogP) is 0.807. The van der Waals surface area contributed by atoms with Gasteiger partial charge in [0.25, 0.3) is 0 Å². The van der Waals surface area contributed by atoms with Crippen LogP contribution in [0.15, 0.2) is 0 Å². The zero-order chi connectivity index (χ0) is 4.71. The van der Waals surface area contributed by atoms with E-state index in [4.69, 9.17) is 0 Å². The Labute approximate surface area is 123 Å². The molecule has 0 amide bonds. The third-order valence-corrected chi connectivity index (χ3v) is 0. The smallest absolute Gasteiger partial charge is 0 e. The Morgan fingerprint density at radius 2 is 1.43 bits per heavy atom. The maximum absolute atomic E-state index is 4.50. The van der Waals surface area contributed by atoms with Gasteiger partial charge in [-0.3, -0.25) is 0 Å². The second kappa shape index (κ2) is 31.7. The van der Waals surface area contributed by atoms with Crippen LogP contribution in [0.25, 0.3) is 0 Å². The van der Waals surface area contributed by atoms with Crippen LogP contribution in [0.5, 0.6) is 0 Å². The van der Waals surface area contributed by atoms with Gasteiger partial charge >= 0.3 is 88.9 Å². The van der Waals surface area contributed by atoms with Gasteiger partial charge < -0.3 is 8.59 Å². The van der Waals surface area contributed by atoms with E-state index in [0.717, 1.165) is 0 Å². The van der Waals surface area contributed by atoms with Gasteiger partial charge in [0, 0.05) is 21.7 Å². The molecule has 0 bridgehead atoms. The van der Waals surface area contributed by atoms with E-state index in [-0.39, 0.29) is 78.0 Å². The van der Waals surface area contributed by atoms with E-state index >= 15 is 0 Å². The van der Waals surface area contributed by atoms with Crippen LogP contribution in [0.2, 0.25) is 0 Å². The van der Waals surface area contributed by atoms with Gasteiger partial charge in [0.1, 0.15) is 0 Å². The van der Waals surface area contributed by atoms with Crippen molar-refractivity contribution >= 4 is 88.9 Å². The SMILES string of the molecule is CN.[Ca+2].[H-].[H-].[I][Pb][I].[Ti]. The first-order valence-corrected chi connectivity index (χ1v) is 22.8. The fourth-order valence-corrected chi connectivity index (χ4v) is 0. The summed E-state index contributed by atoms with van der Waals surface area (Å²) in [7, 11) is 1.50. The minimum Gasteiger partial charge on any atom is 0 e. The molecule has 0 aromatic carbocycles. The number of rotatable bonds is 0. The molecule has 6 heteroatoms. The summed E-state index contributed by atoms with van der Waals surface area (Å²) in [6.07, 6.45) is 0. The van der Waals surface area contributed by atoms with Crippen LogP contribution in [0.1, 0.15) is 2.85 Å². The van der Waals surface area contributed by atoms with Crippen LogP contribution >= 0.6 is 35.5 Å². The second-order valence-corrected chi connectivity index (χ2v) is 28.2. The van der Waals surface area contributed by atoms with E-state index in [1.165, 1.54) is 7.05 Å². The minimum atomic E-state index is 0. The maximum Gasteiger partial charge on any atom is 0 e. The molecule has 0 aromatic heterocycles. The predicted molar refractivity (Wildman–Crippen MR) is 51.9 cm³/mol. The van der Waals surface area contributed by atoms with E-state index in [0.29, 0.717) is 0 Å². The molecule has 7 heavy (non-hydrogen) atoms. The Morgan fingerprint density at radius 1 is 1.43 bits per heavy atom. The van der Waals surface area contributed by atoms with Crippen LogP contribution in [0, 0.1) is 0 Å². The summed E-state index contributed by atoms with van der Waals surface area (Å²) in [5, 5.41) is 0. The number of nitrogens with two attached hydrogens (primary N) is 1. The third-order valence-electron chi connectivity index (χ3n) is 0. The first-order chi connectivity index (χ1) is 2.41. The molecule has 0 fully saturated rings. The molecule has 2 radical (unpaired) electrons. The maximum atomic E-state index is 4.50. The Bertz CT molecular complexity index is 24.5. The molecule has 0 spiro atoms. The monoisotopic (exact) mass is 583 g/mol. The van der Waals surface area contributed by atoms with Gasteiger partial charge in [-0.1, -0.05) is 0 Å². The summed E-state index contributed by atoms with van der Waals surface area (Å²) in [6, 6.07) is 0. The number of halogens is 2. The fraction of sp³-hybridized carbons (Fsp3) is 1.00. The van der Waals surface area contributed by atoms with E-state index in [1.807, 2.05) is 0 Å². The third kappa shape index (κ3) is 38.3. The molecule has 1 nitrogen and oxygen atoms in total. The Kier molecular flexibility index (Phi) is 102. The molecule has 0 aromatic rings. The van der Waals surface area contributed by atoms with Gasteiger partial charge in [0.2, 0.25) is 0 Å². The van der Waals surface area contributed by atoms with Crippen LogP contribution in [-0.4, -0.2) is 60.4 Å². The molecule has 0 aliphatic rings. The van der Waals surface area contributed by atoms with Gasteiger partial charge in [-0.05, 0) is 7.05 Å². The van der Waals surface area contributed by atoms with Gasteiger partial charge in [0.05, 0.1) is 0 Å². The van der Waals surface area contributed by atoms with E-state index in [1.54, 1.807) is 0 Å². The standard InChI is InChI=1S/CH5N.Ca.2HI.Pb.Ti.2H/c1-2;;;;;;;/h2H2,1H3;;2*1H;;;;/q;+2;;;+2;;2*-1/p-2. The van der Waals surface area contributed by atoms with E-state index in [2.05, 4.69) is 41.3 Å². The van der Waals surface area contributed by atoms with Crippen LogP contribution < -0.4 is 5.73 Å². The van der Waals surface area contributed by atoms with Crippen molar-refractivity contribution in [2.75, 3.05) is 7.05 Å². The molecular formula is CH7CaI2NPbTi. The summed E-state index contributed by atoms with van der Waals surface area (Å²) in [6.45, 7) is 0. The van der Waals surface area contributed by atoms with Crippen molar-refractivity contribution in [3.05, 3.63) is 0 Å². The first kappa shape index (κ1) is 22.5. The molecule has 0 aliphatic carbocycles. The zero-order valence-electron chi connectivity index (χ0n) is 6.04. The van der Waals surface area contributed by atoms with E-state index in [9.17, 15) is 0 Å². The number of hydrogen-bond acceptors (Lipinski definition) is 1. The summed E-state index contributed by atoms with van der Waals surface area (Å²) in [4.78, 5) is 0. The molecule has 0 aliphatic heterocycles. The Morgan fingerprint density at radius 3 is 1.43 bits per heavy atom. The number of hydrogen-bond donors (Lipinski definition) is 1. The molecule has 0 saturated heterocycles. The largest absolute Gasteiger partial charge is 0 e. The summed E-state index contributed by atoms with van der Waals surface area (Å²) < 4.78 is 0. The molecule has 40 valence electrons. The average Bonchev–Trinajstić information content (AvgIpc) is 1.46. The molecule has 0 atom stereocenters. The van der Waals surface area contributed by atoms with Crippen LogP contribution in [0.3, 0.4) is 0 Å². The van der Waals surface area contributed by atoms with Crippen LogP contribution in [0.4, 0.5) is 0 Å². The summed E-state index contributed by atoms with van der Waals surface area (Å²) in [5.41, 5.74) is 4.50. The average molecular weight is 582 g/mol. The van der Waals surface area contributed by atoms with Gasteiger partial charge in [-0.2, -0.15) is 0 Å². The van der Waals surface area contributed by atoms with Crippen molar-refractivity contribution in [2.24, 2.45) is 5.73 Å². The summed E-state index contributed by atoms with van der Waals surface area (Å²) >= 11 is 4.96. The molecule has 0 unspecified atom stereocenters. The van der Waals surface area contributed by atoms with Crippen molar-refractivity contribution in [3.63, 3.8) is 0 Å². The van der Waals surface area contributed by atoms with E-state index < -0.39 is 0 Å². The molecule has 2 N–H and O–H groups in total. The van der Waals surface area contributed by atoms with Crippen LogP contribution in [-0.2, 0) is 21.7 Å². The first-order valence-electron chi connectivity index (χ1n) is 0.955. The molecule has 0 saturated carbocycles. The molecular weight excluding hydrogens is 575 g/mol. The van der Waals surface area contributed by atoms with Crippen molar-refractivity contribution in [1.29, 1.82) is 0 Å². The Hall–Kier alpha value is 4.32. The Balaban J connectivity index is -0.00000000357. The van der Waals surface area contributed by atoms with Crippen molar-refractivity contribution in [3.8, 4) is 0 Å². The fourth-order valence-electron chi connectivity index (χ4n) is 0. The van der Waals surface area contributed by atoms with Gasteiger partial charge in [-0.15, -0.1) is 0 Å². The second-order valence-electron chi connectivity index (χ2n) is 0.0714. The van der Waals surface area contributed by atoms with Crippen molar-refractivity contribution < 1.29 is 24.6 Å². The quantitative estimate of drug-likeness (QED) is 0.333. The summed E-state index contributed by atoms with van der Waals surface area (Å²) in [5.74, 6) is 0. The van der Waals surface area contributed by atoms with Gasteiger partial charge in [0.15, 0.2) is 0 Å². The topological polar surface area (TPSA) is 26.0 Å². The molecule has 0 rings (SSSR count). The van der Waals surface area contributed by atoms with Crippen molar-refractivity contribution in [1.82, 2.24) is 0 Å². The minimum absolute atomic E-state index is 0.